The second-order valence-corrected chi connectivity index (χ2v) is 10.5. The van der Waals surface area contributed by atoms with Gasteiger partial charge in [0, 0.05) is 35.6 Å². The van der Waals surface area contributed by atoms with Crippen molar-refractivity contribution in [3.63, 3.8) is 0 Å². The largest absolute Gasteiger partial charge is 0.507 e. The highest BCUT2D eigenvalue weighted by Gasteiger charge is 2.28. The summed E-state index contributed by atoms with van der Waals surface area (Å²) in [5.41, 5.74) is 1.97. The summed E-state index contributed by atoms with van der Waals surface area (Å²) in [7, 11) is 0. The maximum absolute atomic E-state index is 13.1. The Labute approximate surface area is 173 Å². The van der Waals surface area contributed by atoms with Crippen LogP contribution in [0.2, 0.25) is 0 Å². The van der Waals surface area contributed by atoms with Crippen LogP contribution in [-0.4, -0.2) is 20.0 Å². The number of aryl methyl sites for hydroxylation is 1. The topological polar surface area (TPSA) is 71.0 Å². The van der Waals surface area contributed by atoms with Gasteiger partial charge in [0.25, 0.3) is 0 Å². The fourth-order valence-corrected chi connectivity index (χ4v) is 3.69. The summed E-state index contributed by atoms with van der Waals surface area (Å²) in [6, 6.07) is 3.64. The maximum atomic E-state index is 13.1. The van der Waals surface area contributed by atoms with Gasteiger partial charge in [0.1, 0.15) is 5.75 Å². The van der Waals surface area contributed by atoms with Crippen molar-refractivity contribution < 1.29 is 9.90 Å². The van der Waals surface area contributed by atoms with Gasteiger partial charge in [0.2, 0.25) is 5.62 Å². The number of nitrogens with one attached hydrogen (secondary N) is 1. The van der Waals surface area contributed by atoms with Gasteiger partial charge in [-0.05, 0) is 35.3 Å². The number of Topliss-reactive ketones (excluding diaryl/α,β-unsaturated/α-hetero) is 1. The Morgan fingerprint density at radius 1 is 1.03 bits per heavy atom. The molecule has 1 aromatic heterocycles. The van der Waals surface area contributed by atoms with Gasteiger partial charge in [-0.1, -0.05) is 54.4 Å². The van der Waals surface area contributed by atoms with Crippen molar-refractivity contribution in [1.29, 1.82) is 5.41 Å². The van der Waals surface area contributed by atoms with E-state index in [1.165, 1.54) is 12.8 Å². The van der Waals surface area contributed by atoms with Crippen molar-refractivity contribution in [2.45, 2.75) is 84.7 Å². The third kappa shape index (κ3) is 4.82. The van der Waals surface area contributed by atoms with Crippen LogP contribution in [0.15, 0.2) is 24.5 Å². The molecule has 5 nitrogen and oxygen atoms in total. The Balaban J connectivity index is 1.90. The first-order valence-electron chi connectivity index (χ1n) is 10.6. The minimum Gasteiger partial charge on any atom is -0.507 e. The summed E-state index contributed by atoms with van der Waals surface area (Å²) in [5.74, 6) is 1.05. The monoisotopic (exact) mass is 397 g/mol. The molecule has 0 spiro atoms. The molecular formula is C24H35N3O2. The Morgan fingerprint density at radius 2 is 1.55 bits per heavy atom. The highest BCUT2D eigenvalue weighted by atomic mass is 16.3. The van der Waals surface area contributed by atoms with Gasteiger partial charge in [0.05, 0.1) is 6.54 Å². The van der Waals surface area contributed by atoms with E-state index in [4.69, 9.17) is 5.41 Å². The van der Waals surface area contributed by atoms with E-state index in [0.29, 0.717) is 11.2 Å². The molecule has 1 aliphatic rings. The minimum atomic E-state index is -0.278. The van der Waals surface area contributed by atoms with E-state index in [1.807, 2.05) is 70.6 Å². The van der Waals surface area contributed by atoms with Crippen LogP contribution in [0.3, 0.4) is 0 Å². The lowest BCUT2D eigenvalue weighted by Gasteiger charge is -2.28. The highest BCUT2D eigenvalue weighted by Crippen LogP contribution is 2.40. The number of carbonyl (C=O) groups excluding carboxylic acids is 1. The quantitative estimate of drug-likeness (QED) is 0.690. The maximum Gasteiger partial charge on any atom is 0.202 e. The number of hydrogen-bond acceptors (Lipinski definition) is 3. The highest BCUT2D eigenvalue weighted by molar-refractivity contribution is 5.96. The number of hydrogen-bond donors (Lipinski definition) is 2. The van der Waals surface area contributed by atoms with E-state index in [1.54, 1.807) is 4.57 Å². The molecule has 2 N–H and O–H groups in total. The number of phenols is 1. The fraction of sp³-hybridized carbons (Fsp3) is 0.583. The van der Waals surface area contributed by atoms with Gasteiger partial charge in [-0.25, -0.2) is 0 Å². The van der Waals surface area contributed by atoms with Crippen molar-refractivity contribution in [3.8, 4) is 5.75 Å². The standard InChI is InChI=1S/C24H35N3O2/c1-23(2,3)18-13-17(14-19(21(18)29)24(4,5)6)20(28)15-27-12-11-26(22(27)25)10-9-16-7-8-16/h11-14,16,25,29H,7-10,15H2,1-6H3. The Morgan fingerprint density at radius 3 is 2.03 bits per heavy atom. The Kier molecular flexibility index (Phi) is 5.54. The number of ketones is 1. The molecule has 0 amide bonds. The van der Waals surface area contributed by atoms with Crippen molar-refractivity contribution in [3.05, 3.63) is 46.8 Å². The SMILES string of the molecule is CC(C)(C)c1cc(C(=O)Cn2ccn(CCC3CC3)c2=N)cc(C(C)(C)C)c1O. The number of phenolic OH excluding ortho intramolecular Hbond substituents is 1. The molecule has 0 bridgehead atoms. The van der Waals surface area contributed by atoms with Gasteiger partial charge in [-0.15, -0.1) is 0 Å². The van der Waals surface area contributed by atoms with E-state index in [9.17, 15) is 9.90 Å². The van der Waals surface area contributed by atoms with Gasteiger partial charge in [-0.3, -0.25) is 10.2 Å². The first-order chi connectivity index (χ1) is 13.4. The fourth-order valence-electron chi connectivity index (χ4n) is 3.69. The molecule has 29 heavy (non-hydrogen) atoms. The molecule has 0 aliphatic heterocycles. The number of nitrogens with zero attached hydrogens (tertiary/aromatic N) is 2. The van der Waals surface area contributed by atoms with E-state index in [0.717, 1.165) is 30.0 Å². The summed E-state index contributed by atoms with van der Waals surface area (Å²) >= 11 is 0. The predicted molar refractivity (Wildman–Crippen MR) is 115 cm³/mol. The lowest BCUT2D eigenvalue weighted by atomic mass is 9.78. The van der Waals surface area contributed by atoms with Crippen LogP contribution in [0, 0.1) is 11.3 Å². The number of rotatable bonds is 6. The van der Waals surface area contributed by atoms with E-state index < -0.39 is 0 Å². The minimum absolute atomic E-state index is 0.0422. The first kappa shape index (κ1) is 21.4. The molecule has 1 fully saturated rings. The van der Waals surface area contributed by atoms with E-state index in [-0.39, 0.29) is 28.9 Å². The molecule has 1 aliphatic carbocycles. The van der Waals surface area contributed by atoms with Crippen molar-refractivity contribution in [2.24, 2.45) is 5.92 Å². The third-order valence-electron chi connectivity index (χ3n) is 5.81. The number of carbonyl (C=O) groups is 1. The average molecular weight is 398 g/mol. The molecule has 0 saturated heterocycles. The molecule has 158 valence electrons. The van der Waals surface area contributed by atoms with Crippen LogP contribution < -0.4 is 5.62 Å². The van der Waals surface area contributed by atoms with Crippen LogP contribution in [0.5, 0.6) is 5.75 Å². The second kappa shape index (κ2) is 7.51. The average Bonchev–Trinajstić information content (AvgIpc) is 3.36. The number of benzene rings is 1. The number of aromatic hydroxyl groups is 1. The van der Waals surface area contributed by atoms with Crippen molar-refractivity contribution in [2.75, 3.05) is 0 Å². The number of imidazole rings is 1. The molecule has 1 heterocycles. The Hall–Kier alpha value is -2.30. The lowest BCUT2D eigenvalue weighted by Crippen LogP contribution is -2.27. The van der Waals surface area contributed by atoms with Crippen LogP contribution >= 0.6 is 0 Å². The summed E-state index contributed by atoms with van der Waals surface area (Å²) in [5, 5.41) is 19.3. The second-order valence-electron chi connectivity index (χ2n) is 10.5. The zero-order chi connectivity index (χ0) is 21.6. The molecule has 3 rings (SSSR count). The van der Waals surface area contributed by atoms with Gasteiger partial charge >= 0.3 is 0 Å². The predicted octanol–water partition coefficient (Wildman–Crippen LogP) is 4.75. The summed E-state index contributed by atoms with van der Waals surface area (Å²) < 4.78 is 3.62. The summed E-state index contributed by atoms with van der Waals surface area (Å²) in [6.45, 7) is 13.2. The molecule has 1 aromatic carbocycles. The first-order valence-corrected chi connectivity index (χ1v) is 10.6. The molecule has 1 saturated carbocycles. The summed E-state index contributed by atoms with van der Waals surface area (Å²) in [4.78, 5) is 13.1. The van der Waals surface area contributed by atoms with Crippen molar-refractivity contribution in [1.82, 2.24) is 9.13 Å². The Bertz CT molecular complexity index is 928. The smallest absolute Gasteiger partial charge is 0.202 e. The van der Waals surface area contributed by atoms with Crippen molar-refractivity contribution >= 4 is 5.78 Å². The van der Waals surface area contributed by atoms with E-state index in [2.05, 4.69) is 0 Å². The zero-order valence-corrected chi connectivity index (χ0v) is 18.7. The molecule has 5 heteroatoms. The molecule has 0 atom stereocenters. The van der Waals surface area contributed by atoms with E-state index >= 15 is 0 Å². The molecule has 2 aromatic rings. The van der Waals surface area contributed by atoms with Crippen LogP contribution in [0.1, 0.15) is 82.3 Å². The van der Waals surface area contributed by atoms with Crippen LogP contribution in [-0.2, 0) is 23.9 Å². The lowest BCUT2D eigenvalue weighted by molar-refractivity contribution is 0.0969. The molecule has 0 radical (unpaired) electrons. The zero-order valence-electron chi connectivity index (χ0n) is 18.7. The van der Waals surface area contributed by atoms with Crippen LogP contribution in [0.4, 0.5) is 0 Å². The summed E-state index contributed by atoms with van der Waals surface area (Å²) in [6.07, 6.45) is 7.44. The molecule has 0 unspecified atom stereocenters. The number of aromatic nitrogens is 2. The van der Waals surface area contributed by atoms with Gasteiger partial charge in [-0.2, -0.15) is 0 Å². The van der Waals surface area contributed by atoms with Crippen LogP contribution in [0.25, 0.3) is 0 Å². The normalized spacial score (nSPS) is 15.0. The van der Waals surface area contributed by atoms with Gasteiger partial charge < -0.3 is 14.2 Å². The third-order valence-corrected chi connectivity index (χ3v) is 5.81. The van der Waals surface area contributed by atoms with Gasteiger partial charge in [0.15, 0.2) is 5.78 Å². The molecular weight excluding hydrogens is 362 g/mol.